The molecule has 35 heavy (non-hydrogen) atoms. The second kappa shape index (κ2) is 9.53. The minimum Gasteiger partial charge on any atom is -0.285 e. The van der Waals surface area contributed by atoms with Crippen LogP contribution in [0.25, 0.3) is 29.0 Å². The van der Waals surface area contributed by atoms with E-state index in [0.717, 1.165) is 50.2 Å². The zero-order valence-corrected chi connectivity index (χ0v) is 18.1. The highest BCUT2D eigenvalue weighted by atomic mass is 19.4. The summed E-state index contributed by atoms with van der Waals surface area (Å²) in [6.07, 6.45) is -4.63. The number of carbonyl (C=O) groups excluding carboxylic acids is 1. The monoisotopic (exact) mass is 495 g/mol. The molecule has 2 aromatic carbocycles. The largest absolute Gasteiger partial charge is 0.416 e. The van der Waals surface area contributed by atoms with Gasteiger partial charge in [0.05, 0.1) is 11.1 Å². The van der Waals surface area contributed by atoms with Crippen LogP contribution in [-0.4, -0.2) is 38.8 Å². The first-order valence-electron chi connectivity index (χ1n) is 10.6. The van der Waals surface area contributed by atoms with Crippen molar-refractivity contribution < 1.29 is 31.1 Å². The summed E-state index contributed by atoms with van der Waals surface area (Å²) in [5.41, 5.74) is 1.54. The first-order valence-corrected chi connectivity index (χ1v) is 10.6. The molecule has 0 aliphatic carbocycles. The van der Waals surface area contributed by atoms with E-state index in [-0.39, 0.29) is 22.8 Å². The molecule has 1 amide bonds. The third kappa shape index (κ3) is 5.88. The van der Waals surface area contributed by atoms with E-state index in [1.54, 1.807) is 5.01 Å². The minimum absolute atomic E-state index is 0.0400. The van der Waals surface area contributed by atoms with E-state index in [1.807, 2.05) is 0 Å². The molecule has 2 heterocycles. The summed E-state index contributed by atoms with van der Waals surface area (Å²) in [5, 5.41) is 6.01. The van der Waals surface area contributed by atoms with Gasteiger partial charge in [0.25, 0.3) is 5.91 Å². The van der Waals surface area contributed by atoms with E-state index in [0.29, 0.717) is 0 Å². The lowest BCUT2D eigenvalue weighted by Crippen LogP contribution is -2.39. The maximum atomic E-state index is 12.9. The zero-order valence-electron chi connectivity index (χ0n) is 18.1. The number of aromatic nitrogens is 3. The molecule has 0 bridgehead atoms. The van der Waals surface area contributed by atoms with Gasteiger partial charge in [0.15, 0.2) is 11.6 Å². The molecule has 1 aliphatic heterocycles. The smallest absolute Gasteiger partial charge is 0.285 e. The number of hydrogen-bond acceptors (Lipinski definition) is 4. The fourth-order valence-corrected chi connectivity index (χ4v) is 3.52. The number of benzene rings is 2. The van der Waals surface area contributed by atoms with Gasteiger partial charge in [-0.3, -0.25) is 10.2 Å². The molecular weight excluding hydrogens is 476 g/mol. The summed E-state index contributed by atoms with van der Waals surface area (Å²) in [7, 11) is 0. The quantitative estimate of drug-likeness (QED) is 0.388. The fourth-order valence-electron chi connectivity index (χ4n) is 3.52. The van der Waals surface area contributed by atoms with E-state index in [1.165, 1.54) is 41.2 Å². The van der Waals surface area contributed by atoms with Crippen LogP contribution in [0.4, 0.5) is 26.3 Å². The van der Waals surface area contributed by atoms with Crippen molar-refractivity contribution in [3.05, 3.63) is 65.7 Å². The van der Waals surface area contributed by atoms with Crippen molar-refractivity contribution in [2.75, 3.05) is 13.1 Å². The van der Waals surface area contributed by atoms with Gasteiger partial charge < -0.3 is 0 Å². The predicted octanol–water partition coefficient (Wildman–Crippen LogP) is 5.25. The topological polar surface area (TPSA) is 63.1 Å². The number of alkyl halides is 6. The highest BCUT2D eigenvalue weighted by Crippen LogP contribution is 2.32. The summed E-state index contributed by atoms with van der Waals surface area (Å²) >= 11 is 0. The van der Waals surface area contributed by atoms with Gasteiger partial charge in [-0.05, 0) is 37.1 Å². The fraction of sp³-hybridized carbons (Fsp3) is 0.261. The lowest BCUT2D eigenvalue weighted by Gasteiger charge is -2.14. The van der Waals surface area contributed by atoms with Crippen molar-refractivity contribution in [1.29, 1.82) is 0 Å². The second-order valence-corrected chi connectivity index (χ2v) is 7.84. The molecule has 3 aromatic rings. The first kappa shape index (κ1) is 24.5. The number of hydrogen-bond donors (Lipinski definition) is 1. The van der Waals surface area contributed by atoms with Crippen LogP contribution in [0.5, 0.6) is 0 Å². The highest BCUT2D eigenvalue weighted by Gasteiger charge is 2.31. The molecule has 4 rings (SSSR count). The van der Waals surface area contributed by atoms with Crippen LogP contribution < -0.4 is 5.43 Å². The van der Waals surface area contributed by atoms with E-state index < -0.39 is 29.4 Å². The lowest BCUT2D eigenvalue weighted by atomic mass is 10.1. The van der Waals surface area contributed by atoms with Crippen LogP contribution in [0.3, 0.4) is 0 Å². The van der Waals surface area contributed by atoms with Crippen molar-refractivity contribution in [3.8, 4) is 22.8 Å². The molecule has 0 unspecified atom stereocenters. The minimum atomic E-state index is -4.52. The van der Waals surface area contributed by atoms with Crippen molar-refractivity contribution in [3.63, 3.8) is 0 Å². The first-order chi connectivity index (χ1) is 16.5. The van der Waals surface area contributed by atoms with Crippen molar-refractivity contribution >= 4 is 12.1 Å². The number of hydrazine groups is 1. The average Bonchev–Trinajstić information content (AvgIpc) is 3.47. The molecule has 184 valence electrons. The molecule has 1 saturated heterocycles. The Labute approximate surface area is 195 Å². The van der Waals surface area contributed by atoms with Crippen LogP contribution >= 0.6 is 0 Å². The van der Waals surface area contributed by atoms with Crippen molar-refractivity contribution in [2.24, 2.45) is 0 Å². The van der Waals surface area contributed by atoms with E-state index >= 15 is 0 Å². The summed E-state index contributed by atoms with van der Waals surface area (Å²) in [6.45, 7) is 1.44. The normalized spacial score (nSPS) is 15.1. The molecule has 6 nitrogen and oxygen atoms in total. The van der Waals surface area contributed by atoms with Crippen LogP contribution in [-0.2, 0) is 17.1 Å². The summed E-state index contributed by atoms with van der Waals surface area (Å²) < 4.78 is 78.7. The molecule has 12 heteroatoms. The average molecular weight is 495 g/mol. The molecule has 0 atom stereocenters. The molecule has 0 saturated carbocycles. The summed E-state index contributed by atoms with van der Waals surface area (Å²) in [4.78, 5) is 16.6. The third-order valence-electron chi connectivity index (χ3n) is 5.31. The van der Waals surface area contributed by atoms with Gasteiger partial charge >= 0.3 is 12.4 Å². The Morgan fingerprint density at radius 3 is 1.86 bits per heavy atom. The molecule has 1 fully saturated rings. The third-order valence-corrected chi connectivity index (χ3v) is 5.31. The van der Waals surface area contributed by atoms with Gasteiger partial charge in [0.1, 0.15) is 0 Å². The van der Waals surface area contributed by atoms with Crippen LogP contribution in [0.15, 0.2) is 54.6 Å². The number of amides is 1. The lowest BCUT2D eigenvalue weighted by molar-refractivity contribution is -0.138. The molecule has 0 radical (unpaired) electrons. The molecule has 0 spiro atoms. The van der Waals surface area contributed by atoms with Crippen molar-refractivity contribution in [1.82, 2.24) is 25.2 Å². The van der Waals surface area contributed by atoms with E-state index in [9.17, 15) is 31.1 Å². The number of halogens is 6. The van der Waals surface area contributed by atoms with Crippen LogP contribution in [0.1, 0.15) is 24.0 Å². The molecule has 1 N–H and O–H groups in total. The van der Waals surface area contributed by atoms with Crippen molar-refractivity contribution in [2.45, 2.75) is 25.2 Å². The maximum Gasteiger partial charge on any atom is 0.416 e. The van der Waals surface area contributed by atoms with Gasteiger partial charge in [-0.25, -0.2) is 14.7 Å². The second-order valence-electron chi connectivity index (χ2n) is 7.84. The summed E-state index contributed by atoms with van der Waals surface area (Å²) in [6, 6.07) is 8.34. The van der Waals surface area contributed by atoms with Gasteiger partial charge in [0, 0.05) is 36.5 Å². The van der Waals surface area contributed by atoms with Gasteiger partial charge in [-0.15, -0.1) is 5.10 Å². The van der Waals surface area contributed by atoms with E-state index in [2.05, 4.69) is 15.5 Å². The Bertz CT molecular complexity index is 1210. The number of nitrogens with zero attached hydrogens (tertiary/aromatic N) is 4. The number of nitrogens with one attached hydrogen (secondary N) is 1. The molecule has 1 aromatic heterocycles. The summed E-state index contributed by atoms with van der Waals surface area (Å²) in [5.74, 6) is -0.283. The Hall–Kier alpha value is -3.67. The maximum absolute atomic E-state index is 12.9. The Morgan fingerprint density at radius 1 is 0.829 bits per heavy atom. The molecular formula is C23H19F6N5O. The van der Waals surface area contributed by atoms with Gasteiger partial charge in [-0.1, -0.05) is 24.3 Å². The predicted molar refractivity (Wildman–Crippen MR) is 115 cm³/mol. The van der Waals surface area contributed by atoms with Crippen LogP contribution in [0, 0.1) is 0 Å². The Balaban J connectivity index is 1.67. The number of carbonyl (C=O) groups is 1. The molecule has 1 aliphatic rings. The van der Waals surface area contributed by atoms with E-state index in [4.69, 9.17) is 0 Å². The number of rotatable bonds is 5. The van der Waals surface area contributed by atoms with Crippen LogP contribution in [0.2, 0.25) is 0 Å². The van der Waals surface area contributed by atoms with Gasteiger partial charge in [0.2, 0.25) is 0 Å². The SMILES string of the molecule is O=C(/C=C\n1nc(-c2ccc(C(F)(F)F)cc2)nc1-c1ccc(C(F)(F)F)cc1)NN1CCCC1. The van der Waals surface area contributed by atoms with Gasteiger partial charge in [-0.2, -0.15) is 26.3 Å². The Morgan fingerprint density at radius 2 is 1.34 bits per heavy atom. The highest BCUT2D eigenvalue weighted by molar-refractivity contribution is 5.90. The zero-order chi connectivity index (χ0) is 25.2. The standard InChI is InChI=1S/C23H19F6N5O/c24-22(25,26)17-7-3-15(4-8-17)20-30-21(16-5-9-18(10-6-16)23(27,28)29)34(32-20)14-11-19(35)31-33-12-1-2-13-33/h3-11,14H,1-2,12-13H2,(H,31,35)/b14-11-. The Kier molecular flexibility index (Phi) is 6.66.